The summed E-state index contributed by atoms with van der Waals surface area (Å²) >= 11 is 6.07. The zero-order valence-corrected chi connectivity index (χ0v) is 20.9. The Morgan fingerprint density at radius 1 is 1.09 bits per heavy atom. The van der Waals surface area contributed by atoms with Gasteiger partial charge >= 0.3 is 0 Å². The summed E-state index contributed by atoms with van der Waals surface area (Å²) in [6, 6.07) is 16.7. The van der Waals surface area contributed by atoms with Crippen molar-refractivity contribution in [3.63, 3.8) is 0 Å². The van der Waals surface area contributed by atoms with E-state index in [1.165, 1.54) is 11.1 Å². The molecule has 4 rings (SSSR count). The van der Waals surface area contributed by atoms with E-state index in [9.17, 15) is 4.79 Å². The van der Waals surface area contributed by atoms with Gasteiger partial charge in [-0.05, 0) is 75.5 Å². The first-order valence-electron chi connectivity index (χ1n) is 12.2. The molecule has 1 amide bonds. The summed E-state index contributed by atoms with van der Waals surface area (Å²) in [7, 11) is 4.19. The van der Waals surface area contributed by atoms with Gasteiger partial charge in [-0.1, -0.05) is 48.0 Å². The highest BCUT2D eigenvalue weighted by atomic mass is 35.5. The normalized spacial score (nSPS) is 19.8. The number of benzene rings is 2. The maximum atomic E-state index is 13.7. The van der Waals surface area contributed by atoms with Crippen LogP contribution in [0.5, 0.6) is 0 Å². The molecule has 2 heterocycles. The molecule has 1 unspecified atom stereocenters. The predicted molar refractivity (Wildman–Crippen MR) is 136 cm³/mol. The number of piperidine rings is 1. The molecule has 0 saturated carbocycles. The van der Waals surface area contributed by atoms with Gasteiger partial charge in [0, 0.05) is 42.8 Å². The number of carbonyl (C=O) groups excluding carboxylic acids is 1. The third kappa shape index (κ3) is 5.27. The quantitative estimate of drug-likeness (QED) is 0.653. The Balaban J connectivity index is 1.49. The summed E-state index contributed by atoms with van der Waals surface area (Å²) in [5.41, 5.74) is 4.10. The average molecular weight is 469 g/mol. The van der Waals surface area contributed by atoms with Gasteiger partial charge in [0.15, 0.2) is 0 Å². The highest BCUT2D eigenvalue weighted by molar-refractivity contribution is 6.30. The predicted octanol–water partition coefficient (Wildman–Crippen LogP) is 3.45. The van der Waals surface area contributed by atoms with Gasteiger partial charge in [0.2, 0.25) is 5.91 Å². The average Bonchev–Trinajstić information content (AvgIpc) is 2.83. The summed E-state index contributed by atoms with van der Waals surface area (Å²) in [6.07, 6.45) is 3.72. The molecule has 0 bridgehead atoms. The summed E-state index contributed by atoms with van der Waals surface area (Å²) in [6.45, 7) is 5.59. The summed E-state index contributed by atoms with van der Waals surface area (Å²) in [5.74, 6) is 0.203. The first-order valence-corrected chi connectivity index (χ1v) is 12.5. The number of carbonyl (C=O) groups is 1. The van der Waals surface area contributed by atoms with Crippen LogP contribution in [0.2, 0.25) is 5.02 Å². The van der Waals surface area contributed by atoms with Gasteiger partial charge in [-0.25, -0.2) is 0 Å². The number of hydrogen-bond donors (Lipinski definition) is 2. The summed E-state index contributed by atoms with van der Waals surface area (Å²) < 4.78 is 0. The molecule has 0 aromatic heterocycles. The van der Waals surface area contributed by atoms with Crippen LogP contribution in [-0.4, -0.2) is 68.1 Å². The lowest BCUT2D eigenvalue weighted by Crippen LogP contribution is -2.58. The minimum atomic E-state index is -0.250. The highest BCUT2D eigenvalue weighted by Crippen LogP contribution is 2.42. The molecule has 1 spiro atoms. The lowest BCUT2D eigenvalue weighted by atomic mass is 9.74. The van der Waals surface area contributed by atoms with Crippen LogP contribution in [-0.2, 0) is 23.2 Å². The van der Waals surface area contributed by atoms with Crippen LogP contribution in [0.25, 0.3) is 0 Å². The van der Waals surface area contributed by atoms with Crippen molar-refractivity contribution in [3.8, 4) is 0 Å². The zero-order valence-electron chi connectivity index (χ0n) is 20.1. The van der Waals surface area contributed by atoms with Crippen LogP contribution in [0.1, 0.15) is 36.5 Å². The second-order valence-corrected chi connectivity index (χ2v) is 10.1. The van der Waals surface area contributed by atoms with E-state index in [0.29, 0.717) is 6.42 Å². The van der Waals surface area contributed by atoms with Crippen LogP contribution < -0.4 is 10.6 Å². The van der Waals surface area contributed by atoms with Gasteiger partial charge in [-0.2, -0.15) is 0 Å². The van der Waals surface area contributed by atoms with Gasteiger partial charge in [0.05, 0.1) is 6.04 Å². The number of hydrogen-bond acceptors (Lipinski definition) is 4. The first-order chi connectivity index (χ1) is 15.9. The Kier molecular flexibility index (Phi) is 7.75. The Bertz CT molecular complexity index is 939. The van der Waals surface area contributed by atoms with E-state index in [1.807, 2.05) is 31.3 Å². The maximum absolute atomic E-state index is 13.7. The van der Waals surface area contributed by atoms with Gasteiger partial charge < -0.3 is 15.5 Å². The van der Waals surface area contributed by atoms with Gasteiger partial charge in [-0.3, -0.25) is 9.69 Å². The first kappa shape index (κ1) is 24.2. The lowest BCUT2D eigenvalue weighted by molar-refractivity contribution is -0.136. The number of likely N-dealkylation sites (N-methyl/N-ethyl adjacent to an activating group) is 2. The van der Waals surface area contributed by atoms with Gasteiger partial charge in [0.25, 0.3) is 0 Å². The number of likely N-dealkylation sites (tertiary alicyclic amines) is 1. The van der Waals surface area contributed by atoms with Crippen molar-refractivity contribution in [3.05, 3.63) is 70.2 Å². The Morgan fingerprint density at radius 2 is 1.79 bits per heavy atom. The molecule has 0 radical (unpaired) electrons. The van der Waals surface area contributed by atoms with E-state index >= 15 is 0 Å². The molecule has 0 aliphatic carbocycles. The SMILES string of the molecule is CNCC(C)N[C@H](Cc1ccc(Cl)cc1)C(=O)N1CCC2(CC1)c1ccccc1CCN2C. The maximum Gasteiger partial charge on any atom is 0.240 e. The van der Waals surface area contributed by atoms with Crippen molar-refractivity contribution < 1.29 is 4.79 Å². The lowest BCUT2D eigenvalue weighted by Gasteiger charge is -2.51. The van der Waals surface area contributed by atoms with Crippen molar-refractivity contribution in [2.75, 3.05) is 40.3 Å². The Hall–Kier alpha value is -1.92. The fourth-order valence-electron chi connectivity index (χ4n) is 5.65. The molecule has 6 heteroatoms. The van der Waals surface area contributed by atoms with Crippen molar-refractivity contribution in [2.24, 2.45) is 0 Å². The molecule has 2 aliphatic heterocycles. The van der Waals surface area contributed by atoms with Crippen LogP contribution in [0.15, 0.2) is 48.5 Å². The monoisotopic (exact) mass is 468 g/mol. The second-order valence-electron chi connectivity index (χ2n) is 9.69. The standard InChI is InChI=1S/C27H37ClN4O/c1-20(19-29-2)30-25(18-21-8-10-23(28)11-9-21)26(33)32-16-13-27(14-17-32)24-7-5-4-6-22(24)12-15-31(27)3/h4-11,20,25,29-30H,12-19H2,1-3H3/t20?,25-/m1/s1. The van der Waals surface area contributed by atoms with Crippen molar-refractivity contribution in [1.82, 2.24) is 20.4 Å². The number of halogens is 1. The van der Waals surface area contributed by atoms with E-state index in [1.54, 1.807) is 0 Å². The molecule has 33 heavy (non-hydrogen) atoms. The molecule has 2 aliphatic rings. The fraction of sp³-hybridized carbons (Fsp3) is 0.519. The van der Waals surface area contributed by atoms with Crippen LogP contribution >= 0.6 is 11.6 Å². The summed E-state index contributed by atoms with van der Waals surface area (Å²) in [5, 5.41) is 7.50. The van der Waals surface area contributed by atoms with Crippen LogP contribution in [0, 0.1) is 0 Å². The number of nitrogens with zero attached hydrogens (tertiary/aromatic N) is 2. The largest absolute Gasteiger partial charge is 0.341 e. The van der Waals surface area contributed by atoms with Crippen LogP contribution in [0.3, 0.4) is 0 Å². The van der Waals surface area contributed by atoms with E-state index < -0.39 is 0 Å². The van der Waals surface area contributed by atoms with E-state index in [-0.39, 0.29) is 23.5 Å². The third-order valence-corrected chi connectivity index (χ3v) is 7.77. The molecule has 5 nitrogen and oxygen atoms in total. The van der Waals surface area contributed by atoms with Gasteiger partial charge in [-0.15, -0.1) is 0 Å². The minimum Gasteiger partial charge on any atom is -0.341 e. The molecule has 178 valence electrons. The number of fused-ring (bicyclic) bond motifs is 2. The van der Waals surface area contributed by atoms with E-state index in [2.05, 4.69) is 58.7 Å². The topological polar surface area (TPSA) is 47.6 Å². The minimum absolute atomic E-state index is 0.0458. The molecular formula is C27H37ClN4O. The molecule has 1 saturated heterocycles. The fourth-order valence-corrected chi connectivity index (χ4v) is 5.78. The number of nitrogens with one attached hydrogen (secondary N) is 2. The van der Waals surface area contributed by atoms with Crippen LogP contribution in [0.4, 0.5) is 0 Å². The molecule has 2 atom stereocenters. The molecular weight excluding hydrogens is 432 g/mol. The molecule has 2 N–H and O–H groups in total. The smallest absolute Gasteiger partial charge is 0.240 e. The Labute approximate surface area is 203 Å². The van der Waals surface area contributed by atoms with E-state index in [0.717, 1.165) is 56.0 Å². The van der Waals surface area contributed by atoms with Crippen molar-refractivity contribution in [1.29, 1.82) is 0 Å². The third-order valence-electron chi connectivity index (χ3n) is 7.52. The molecule has 2 aromatic rings. The number of rotatable bonds is 7. The zero-order chi connectivity index (χ0) is 23.4. The van der Waals surface area contributed by atoms with Crippen molar-refractivity contribution in [2.45, 2.75) is 50.2 Å². The Morgan fingerprint density at radius 3 is 2.48 bits per heavy atom. The highest BCUT2D eigenvalue weighted by Gasteiger charge is 2.44. The molecule has 2 aromatic carbocycles. The van der Waals surface area contributed by atoms with E-state index in [4.69, 9.17) is 11.6 Å². The van der Waals surface area contributed by atoms with Gasteiger partial charge in [0.1, 0.15) is 0 Å². The number of amides is 1. The molecule has 1 fully saturated rings. The summed E-state index contributed by atoms with van der Waals surface area (Å²) in [4.78, 5) is 18.3. The second kappa shape index (κ2) is 10.6. The van der Waals surface area contributed by atoms with Crippen molar-refractivity contribution >= 4 is 17.5 Å².